The van der Waals surface area contributed by atoms with E-state index in [4.69, 9.17) is 27.9 Å². The van der Waals surface area contributed by atoms with Crippen molar-refractivity contribution in [2.75, 3.05) is 7.11 Å². The fourth-order valence-corrected chi connectivity index (χ4v) is 2.11. The van der Waals surface area contributed by atoms with Gasteiger partial charge in [-0.05, 0) is 30.3 Å². The molecule has 0 aliphatic rings. The van der Waals surface area contributed by atoms with Crippen molar-refractivity contribution < 1.29 is 18.3 Å². The van der Waals surface area contributed by atoms with Gasteiger partial charge in [-0.3, -0.25) is 4.79 Å². The number of methoxy groups -OCH3 is 1. The molecule has 0 spiro atoms. The number of halogens is 4. The van der Waals surface area contributed by atoms with Gasteiger partial charge in [0.2, 0.25) is 0 Å². The lowest BCUT2D eigenvalue weighted by Gasteiger charge is -2.09. The molecule has 0 saturated carbocycles. The van der Waals surface area contributed by atoms with Crippen LogP contribution >= 0.6 is 23.2 Å². The number of benzene rings is 2. The Morgan fingerprint density at radius 3 is 2.35 bits per heavy atom. The molecule has 0 radical (unpaired) electrons. The maximum atomic E-state index is 13.3. The molecule has 6 heteroatoms. The number of rotatable bonds is 3. The van der Waals surface area contributed by atoms with Gasteiger partial charge >= 0.3 is 0 Å². The highest BCUT2D eigenvalue weighted by molar-refractivity contribution is 6.35. The summed E-state index contributed by atoms with van der Waals surface area (Å²) in [6, 6.07) is 5.93. The van der Waals surface area contributed by atoms with E-state index in [0.29, 0.717) is 5.02 Å². The van der Waals surface area contributed by atoms with E-state index in [-0.39, 0.29) is 21.9 Å². The summed E-state index contributed by atoms with van der Waals surface area (Å²) in [6.45, 7) is 0. The van der Waals surface area contributed by atoms with Crippen molar-refractivity contribution in [3.63, 3.8) is 0 Å². The summed E-state index contributed by atoms with van der Waals surface area (Å²) in [5.41, 5.74) is -0.0426. The topological polar surface area (TPSA) is 26.3 Å². The van der Waals surface area contributed by atoms with Crippen LogP contribution in [0.5, 0.6) is 5.75 Å². The average molecular weight is 317 g/mol. The number of carbonyl (C=O) groups excluding carboxylic acids is 1. The highest BCUT2D eigenvalue weighted by atomic mass is 35.5. The molecule has 0 saturated heterocycles. The summed E-state index contributed by atoms with van der Waals surface area (Å²) in [5.74, 6) is -2.61. The van der Waals surface area contributed by atoms with E-state index in [1.807, 2.05) is 0 Å². The molecule has 0 bridgehead atoms. The Labute approximate surface area is 123 Å². The van der Waals surface area contributed by atoms with E-state index < -0.39 is 17.4 Å². The molecule has 0 fully saturated rings. The van der Waals surface area contributed by atoms with Gasteiger partial charge in [-0.2, -0.15) is 0 Å². The maximum Gasteiger partial charge on any atom is 0.198 e. The third-order valence-corrected chi connectivity index (χ3v) is 3.21. The van der Waals surface area contributed by atoms with E-state index >= 15 is 0 Å². The second kappa shape index (κ2) is 5.77. The van der Waals surface area contributed by atoms with Crippen LogP contribution in [0.1, 0.15) is 15.9 Å². The molecule has 0 N–H and O–H groups in total. The molecular formula is C14H8Cl2F2O2. The first-order valence-corrected chi connectivity index (χ1v) is 6.22. The van der Waals surface area contributed by atoms with Crippen molar-refractivity contribution in [1.82, 2.24) is 0 Å². The zero-order chi connectivity index (χ0) is 14.9. The molecular weight excluding hydrogens is 309 g/mol. The van der Waals surface area contributed by atoms with Crippen molar-refractivity contribution in [1.29, 1.82) is 0 Å². The molecule has 0 aliphatic carbocycles. The van der Waals surface area contributed by atoms with E-state index in [0.717, 1.165) is 12.1 Å². The fraction of sp³-hybridized carbons (Fsp3) is 0.0714. The Balaban J connectivity index is 2.57. The standard InChI is InChI=1S/C14H8Cl2F2O2/c1-20-13-3-2-7(15)4-9(13)14(19)8-5-11(17)12(18)6-10(8)16/h2-6H,1H3. The van der Waals surface area contributed by atoms with Crippen LogP contribution in [0.3, 0.4) is 0 Å². The molecule has 0 heterocycles. The summed E-state index contributed by atoms with van der Waals surface area (Å²) in [6.07, 6.45) is 0. The van der Waals surface area contributed by atoms with Gasteiger partial charge in [0.25, 0.3) is 0 Å². The first kappa shape index (κ1) is 14.8. The van der Waals surface area contributed by atoms with E-state index in [1.165, 1.54) is 19.2 Å². The fourth-order valence-electron chi connectivity index (χ4n) is 1.70. The Bertz CT molecular complexity index is 687. The van der Waals surface area contributed by atoms with Crippen LogP contribution in [0, 0.1) is 11.6 Å². The number of ketones is 1. The SMILES string of the molecule is COc1ccc(Cl)cc1C(=O)c1cc(F)c(F)cc1Cl. The molecule has 2 aromatic rings. The third kappa shape index (κ3) is 2.76. The maximum absolute atomic E-state index is 13.3. The summed E-state index contributed by atoms with van der Waals surface area (Å²) in [4.78, 5) is 12.4. The Hall–Kier alpha value is -1.65. The van der Waals surface area contributed by atoms with E-state index in [9.17, 15) is 13.6 Å². The van der Waals surface area contributed by atoms with Gasteiger partial charge in [0.05, 0.1) is 17.7 Å². The quantitative estimate of drug-likeness (QED) is 0.615. The average Bonchev–Trinajstić information content (AvgIpc) is 2.42. The Kier molecular flexibility index (Phi) is 4.26. The third-order valence-electron chi connectivity index (χ3n) is 2.66. The number of ether oxygens (including phenoxy) is 1. The Morgan fingerprint density at radius 1 is 1.05 bits per heavy atom. The summed E-state index contributed by atoms with van der Waals surface area (Å²) in [5, 5.41) is 0.129. The van der Waals surface area contributed by atoms with Gasteiger partial charge in [0.1, 0.15) is 5.75 Å². The zero-order valence-corrected chi connectivity index (χ0v) is 11.7. The predicted octanol–water partition coefficient (Wildman–Crippen LogP) is 4.51. The number of hydrogen-bond donors (Lipinski definition) is 0. The van der Waals surface area contributed by atoms with Gasteiger partial charge < -0.3 is 4.74 Å². The van der Waals surface area contributed by atoms with Crippen LogP contribution < -0.4 is 4.74 Å². The van der Waals surface area contributed by atoms with Gasteiger partial charge in [0.15, 0.2) is 17.4 Å². The van der Waals surface area contributed by atoms with Crippen molar-refractivity contribution in [3.8, 4) is 5.75 Å². The van der Waals surface area contributed by atoms with Gasteiger partial charge in [-0.15, -0.1) is 0 Å². The number of hydrogen-bond acceptors (Lipinski definition) is 2. The van der Waals surface area contributed by atoms with Crippen LogP contribution in [0.15, 0.2) is 30.3 Å². The van der Waals surface area contributed by atoms with Crippen LogP contribution in [0.2, 0.25) is 10.0 Å². The van der Waals surface area contributed by atoms with Gasteiger partial charge in [-0.25, -0.2) is 8.78 Å². The van der Waals surface area contributed by atoms with Gasteiger partial charge in [-0.1, -0.05) is 23.2 Å². The minimum Gasteiger partial charge on any atom is -0.496 e. The van der Waals surface area contributed by atoms with Crippen LogP contribution in [0.4, 0.5) is 8.78 Å². The minimum atomic E-state index is -1.15. The molecule has 0 unspecified atom stereocenters. The van der Waals surface area contributed by atoms with Crippen LogP contribution in [-0.4, -0.2) is 12.9 Å². The lowest BCUT2D eigenvalue weighted by Crippen LogP contribution is -2.06. The highest BCUT2D eigenvalue weighted by Crippen LogP contribution is 2.28. The summed E-state index contributed by atoms with van der Waals surface area (Å²) >= 11 is 11.6. The molecule has 2 rings (SSSR count). The number of carbonyl (C=O) groups is 1. The lowest BCUT2D eigenvalue weighted by atomic mass is 10.0. The largest absolute Gasteiger partial charge is 0.496 e. The van der Waals surface area contributed by atoms with E-state index in [2.05, 4.69) is 0 Å². The molecule has 2 nitrogen and oxygen atoms in total. The summed E-state index contributed by atoms with van der Waals surface area (Å²) < 4.78 is 31.3. The zero-order valence-electron chi connectivity index (χ0n) is 10.2. The summed E-state index contributed by atoms with van der Waals surface area (Å²) in [7, 11) is 1.38. The lowest BCUT2D eigenvalue weighted by molar-refractivity contribution is 0.103. The molecule has 2 aromatic carbocycles. The molecule has 0 aliphatic heterocycles. The van der Waals surface area contributed by atoms with Crippen molar-refractivity contribution in [2.45, 2.75) is 0 Å². The molecule has 104 valence electrons. The molecule has 0 amide bonds. The second-order valence-corrected chi connectivity index (χ2v) is 4.76. The Morgan fingerprint density at radius 2 is 1.70 bits per heavy atom. The van der Waals surface area contributed by atoms with Gasteiger partial charge in [0, 0.05) is 10.6 Å². The first-order valence-electron chi connectivity index (χ1n) is 5.47. The second-order valence-electron chi connectivity index (χ2n) is 3.92. The van der Waals surface area contributed by atoms with Crippen molar-refractivity contribution in [3.05, 3.63) is 63.1 Å². The first-order chi connectivity index (χ1) is 9.43. The molecule has 0 atom stereocenters. The monoisotopic (exact) mass is 316 g/mol. The van der Waals surface area contributed by atoms with Crippen LogP contribution in [-0.2, 0) is 0 Å². The van der Waals surface area contributed by atoms with Crippen molar-refractivity contribution >= 4 is 29.0 Å². The molecule has 0 aromatic heterocycles. The van der Waals surface area contributed by atoms with Crippen LogP contribution in [0.25, 0.3) is 0 Å². The van der Waals surface area contributed by atoms with Crippen molar-refractivity contribution in [2.24, 2.45) is 0 Å². The predicted molar refractivity (Wildman–Crippen MR) is 72.8 cm³/mol. The highest BCUT2D eigenvalue weighted by Gasteiger charge is 2.20. The van der Waals surface area contributed by atoms with E-state index in [1.54, 1.807) is 6.07 Å². The minimum absolute atomic E-state index is 0.118. The normalized spacial score (nSPS) is 10.4. The molecule has 20 heavy (non-hydrogen) atoms. The smallest absolute Gasteiger partial charge is 0.198 e.